The molecule has 2 unspecified atom stereocenters. The molecule has 70 heavy (non-hydrogen) atoms. The number of esters is 3. The fourth-order valence-corrected chi connectivity index (χ4v) is 9.87. The van der Waals surface area contributed by atoms with Crippen LogP contribution in [-0.4, -0.2) is 37.2 Å². The molecule has 3 atom stereocenters. The van der Waals surface area contributed by atoms with Crippen LogP contribution in [0.25, 0.3) is 0 Å². The first-order valence-electron chi connectivity index (χ1n) is 31.8. The van der Waals surface area contributed by atoms with Crippen LogP contribution in [0.15, 0.2) is 0 Å². The molecule has 0 aromatic rings. The summed E-state index contributed by atoms with van der Waals surface area (Å²) in [5.41, 5.74) is 0. The van der Waals surface area contributed by atoms with Gasteiger partial charge in [0, 0.05) is 19.3 Å². The Labute approximate surface area is 438 Å². The Balaban J connectivity index is 4.30. The third kappa shape index (κ3) is 54.2. The number of unbranched alkanes of at least 4 members (excludes halogenated alkanes) is 41. The number of rotatable bonds is 58. The van der Waals surface area contributed by atoms with Crippen LogP contribution in [0.1, 0.15) is 362 Å². The monoisotopic (exact) mass is 989 g/mol. The molecule has 0 radical (unpaired) electrons. The van der Waals surface area contributed by atoms with Crippen LogP contribution in [0.2, 0.25) is 0 Å². The van der Waals surface area contributed by atoms with Gasteiger partial charge in [-0.25, -0.2) is 0 Å². The summed E-state index contributed by atoms with van der Waals surface area (Å²) in [6.07, 6.45) is 62.3. The fraction of sp³-hybridized carbons (Fsp3) is 0.953. The molecular formula is C64H124O6. The maximum Gasteiger partial charge on any atom is 0.306 e. The van der Waals surface area contributed by atoms with E-state index in [0.717, 1.165) is 69.6 Å². The maximum atomic E-state index is 12.9. The zero-order chi connectivity index (χ0) is 51.1. The van der Waals surface area contributed by atoms with Crippen LogP contribution in [0.3, 0.4) is 0 Å². The fourth-order valence-electron chi connectivity index (χ4n) is 9.87. The van der Waals surface area contributed by atoms with Crippen molar-refractivity contribution >= 4 is 17.9 Å². The average molecular weight is 990 g/mol. The molecule has 0 saturated heterocycles. The predicted molar refractivity (Wildman–Crippen MR) is 303 cm³/mol. The quantitative estimate of drug-likeness (QED) is 0.0343. The average Bonchev–Trinajstić information content (AvgIpc) is 3.36. The topological polar surface area (TPSA) is 78.9 Å². The van der Waals surface area contributed by atoms with Gasteiger partial charge in [-0.15, -0.1) is 0 Å². The molecule has 6 heteroatoms. The number of carbonyl (C=O) groups is 3. The number of carbonyl (C=O) groups excluding carboxylic acids is 3. The van der Waals surface area contributed by atoms with E-state index >= 15 is 0 Å². The van der Waals surface area contributed by atoms with Gasteiger partial charge in [0.2, 0.25) is 0 Å². The van der Waals surface area contributed by atoms with Crippen molar-refractivity contribution in [1.29, 1.82) is 0 Å². The predicted octanol–water partition coefficient (Wildman–Crippen LogP) is 21.2. The molecule has 0 rings (SSSR count). The number of ether oxygens (including phenoxy) is 3. The molecule has 0 aromatic heterocycles. The van der Waals surface area contributed by atoms with E-state index in [9.17, 15) is 14.4 Å². The molecule has 0 fully saturated rings. The van der Waals surface area contributed by atoms with E-state index in [1.165, 1.54) is 250 Å². The molecule has 0 N–H and O–H groups in total. The lowest BCUT2D eigenvalue weighted by atomic mass is 9.99. The summed E-state index contributed by atoms with van der Waals surface area (Å²) in [5.74, 6) is 0.959. The minimum absolute atomic E-state index is 0.0619. The molecular weight excluding hydrogens is 865 g/mol. The van der Waals surface area contributed by atoms with Crippen LogP contribution in [-0.2, 0) is 28.6 Å². The third-order valence-electron chi connectivity index (χ3n) is 15.4. The van der Waals surface area contributed by atoms with Crippen LogP contribution in [0.4, 0.5) is 0 Å². The van der Waals surface area contributed by atoms with Gasteiger partial charge in [0.05, 0.1) is 0 Å². The first-order chi connectivity index (χ1) is 34.3. The Morgan fingerprint density at radius 2 is 0.500 bits per heavy atom. The van der Waals surface area contributed by atoms with Gasteiger partial charge in [0.1, 0.15) is 13.2 Å². The largest absolute Gasteiger partial charge is 0.462 e. The normalized spacial score (nSPS) is 12.8. The molecule has 0 aromatic carbocycles. The molecule has 0 saturated carbocycles. The van der Waals surface area contributed by atoms with Crippen LogP contribution >= 0.6 is 0 Å². The van der Waals surface area contributed by atoms with Crippen LogP contribution in [0, 0.1) is 11.8 Å². The van der Waals surface area contributed by atoms with Crippen molar-refractivity contribution in [3.05, 3.63) is 0 Å². The lowest BCUT2D eigenvalue weighted by molar-refractivity contribution is -0.167. The van der Waals surface area contributed by atoms with Crippen molar-refractivity contribution in [1.82, 2.24) is 0 Å². The Morgan fingerprint density at radius 3 is 0.743 bits per heavy atom. The smallest absolute Gasteiger partial charge is 0.306 e. The van der Waals surface area contributed by atoms with Crippen LogP contribution in [0.5, 0.6) is 0 Å². The molecule has 416 valence electrons. The first kappa shape index (κ1) is 68.4. The lowest BCUT2D eigenvalue weighted by Gasteiger charge is -2.18. The van der Waals surface area contributed by atoms with Crippen molar-refractivity contribution in [2.24, 2.45) is 11.8 Å². The Bertz CT molecular complexity index is 1080. The van der Waals surface area contributed by atoms with Crippen molar-refractivity contribution in [2.75, 3.05) is 13.2 Å². The molecule has 0 amide bonds. The van der Waals surface area contributed by atoms with Gasteiger partial charge < -0.3 is 14.2 Å². The number of hydrogen-bond acceptors (Lipinski definition) is 6. The second kappa shape index (κ2) is 56.7. The summed E-state index contributed by atoms with van der Waals surface area (Å²) in [7, 11) is 0. The molecule has 0 aliphatic heterocycles. The summed E-state index contributed by atoms with van der Waals surface area (Å²) in [4.78, 5) is 38.3. The van der Waals surface area contributed by atoms with Gasteiger partial charge in [-0.1, -0.05) is 324 Å². The lowest BCUT2D eigenvalue weighted by Crippen LogP contribution is -2.30. The SMILES string of the molecule is CCCCCCCCCCCCCCCCCCC(=O)OC[C@H](COC(=O)CCCCCCCCCCCCCCCCC(C)CC)OC(=O)CCCCCCCCCCCCCCCCC(C)CC. The van der Waals surface area contributed by atoms with Crippen molar-refractivity contribution in [2.45, 2.75) is 368 Å². The number of hydrogen-bond donors (Lipinski definition) is 0. The minimum Gasteiger partial charge on any atom is -0.462 e. The maximum absolute atomic E-state index is 12.9. The zero-order valence-electron chi connectivity index (χ0n) is 48.2. The Kier molecular flexibility index (Phi) is 55.4. The van der Waals surface area contributed by atoms with E-state index in [0.29, 0.717) is 19.3 Å². The van der Waals surface area contributed by atoms with Crippen LogP contribution < -0.4 is 0 Å². The first-order valence-corrected chi connectivity index (χ1v) is 31.8. The van der Waals surface area contributed by atoms with E-state index < -0.39 is 6.10 Å². The molecule has 0 heterocycles. The standard InChI is InChI=1S/C64H124O6/c1-6-9-10-11-12-13-14-15-16-17-24-29-34-39-44-49-54-62(65)68-57-61(70-64(67)56-51-46-41-36-31-26-21-19-23-28-33-38-43-48-53-60(5)8-3)58-69-63(66)55-50-45-40-35-30-25-20-18-22-27-32-37-42-47-52-59(4)7-2/h59-61H,6-58H2,1-5H3/t59?,60?,61-/m1/s1. The van der Waals surface area contributed by atoms with E-state index in [2.05, 4.69) is 34.6 Å². The summed E-state index contributed by atoms with van der Waals surface area (Å²) in [6.45, 7) is 11.5. The summed E-state index contributed by atoms with van der Waals surface area (Å²) >= 11 is 0. The van der Waals surface area contributed by atoms with E-state index in [1.54, 1.807) is 0 Å². The molecule has 0 spiro atoms. The van der Waals surface area contributed by atoms with Gasteiger partial charge in [-0.2, -0.15) is 0 Å². The van der Waals surface area contributed by atoms with Crippen molar-refractivity contribution in [3.8, 4) is 0 Å². The van der Waals surface area contributed by atoms with Gasteiger partial charge in [0.15, 0.2) is 6.10 Å². The van der Waals surface area contributed by atoms with Crippen molar-refractivity contribution < 1.29 is 28.6 Å². The minimum atomic E-state index is -0.764. The molecule has 6 nitrogen and oxygen atoms in total. The molecule has 0 aliphatic carbocycles. The van der Waals surface area contributed by atoms with E-state index in [4.69, 9.17) is 14.2 Å². The Hall–Kier alpha value is -1.59. The zero-order valence-corrected chi connectivity index (χ0v) is 48.2. The van der Waals surface area contributed by atoms with Crippen molar-refractivity contribution in [3.63, 3.8) is 0 Å². The van der Waals surface area contributed by atoms with E-state index in [1.807, 2.05) is 0 Å². The summed E-state index contributed by atoms with van der Waals surface area (Å²) in [5, 5.41) is 0. The van der Waals surface area contributed by atoms with E-state index in [-0.39, 0.29) is 31.1 Å². The van der Waals surface area contributed by atoms with Gasteiger partial charge >= 0.3 is 17.9 Å². The Morgan fingerprint density at radius 1 is 0.286 bits per heavy atom. The van der Waals surface area contributed by atoms with Gasteiger partial charge in [-0.3, -0.25) is 14.4 Å². The van der Waals surface area contributed by atoms with Gasteiger partial charge in [0.25, 0.3) is 0 Å². The second-order valence-electron chi connectivity index (χ2n) is 22.5. The second-order valence-corrected chi connectivity index (χ2v) is 22.5. The highest BCUT2D eigenvalue weighted by Gasteiger charge is 2.19. The summed E-state index contributed by atoms with van der Waals surface area (Å²) < 4.78 is 17.0. The molecule has 0 bridgehead atoms. The highest BCUT2D eigenvalue weighted by Crippen LogP contribution is 2.20. The highest BCUT2D eigenvalue weighted by molar-refractivity contribution is 5.71. The third-order valence-corrected chi connectivity index (χ3v) is 15.4. The highest BCUT2D eigenvalue weighted by atomic mass is 16.6. The summed E-state index contributed by atoms with van der Waals surface area (Å²) in [6, 6.07) is 0. The van der Waals surface area contributed by atoms with Gasteiger partial charge in [-0.05, 0) is 31.1 Å². The molecule has 0 aliphatic rings.